The minimum absolute atomic E-state index is 0.000342. The molecule has 0 saturated heterocycles. The first-order chi connectivity index (χ1) is 21.3. The first-order valence-electron chi connectivity index (χ1n) is 14.3. The number of nitrogens with zero attached hydrogens (tertiary/aromatic N) is 3. The van der Waals surface area contributed by atoms with Crippen molar-refractivity contribution in [1.82, 2.24) is 20.1 Å². The normalized spacial score (nSPS) is 12.8. The van der Waals surface area contributed by atoms with Gasteiger partial charge in [0, 0.05) is 16.1 Å². The Morgan fingerprint density at radius 1 is 1.09 bits per heavy atom. The standard InChI is InChI=1S/C31H32FN5O5S2/c1-4-41-22-14-12-21(13-15-22)37-25(17-33-28(39)19-8-6-9-20(32)16-19)35-36-31(37)43-18(3)27(38)34-29-26(30(40)42-5-2)23-10-7-11-24(23)44-29/h6,8-9,12-16,18H,4-5,7,10-11,17H2,1-3H3,(H,33,39)(H,34,38). The van der Waals surface area contributed by atoms with Gasteiger partial charge < -0.3 is 20.1 Å². The van der Waals surface area contributed by atoms with Crippen LogP contribution in [0.4, 0.5) is 9.39 Å². The molecule has 1 aliphatic rings. The number of esters is 1. The monoisotopic (exact) mass is 637 g/mol. The van der Waals surface area contributed by atoms with Crippen LogP contribution in [0.1, 0.15) is 64.2 Å². The lowest BCUT2D eigenvalue weighted by molar-refractivity contribution is -0.115. The second kappa shape index (κ2) is 14.0. The Hall–Kier alpha value is -4.23. The van der Waals surface area contributed by atoms with E-state index in [9.17, 15) is 18.8 Å². The fraction of sp³-hybridized carbons (Fsp3) is 0.323. The van der Waals surface area contributed by atoms with E-state index in [1.54, 1.807) is 18.4 Å². The highest BCUT2D eigenvalue weighted by molar-refractivity contribution is 8.00. The zero-order valence-corrected chi connectivity index (χ0v) is 26.1. The molecule has 0 spiro atoms. The molecule has 5 rings (SSSR count). The van der Waals surface area contributed by atoms with Gasteiger partial charge in [-0.1, -0.05) is 17.8 Å². The number of rotatable bonds is 12. The number of ether oxygens (including phenoxy) is 2. The number of halogens is 1. The molecule has 0 saturated carbocycles. The number of thioether (sulfide) groups is 1. The van der Waals surface area contributed by atoms with Gasteiger partial charge in [-0.3, -0.25) is 14.2 Å². The number of anilines is 1. The van der Waals surface area contributed by atoms with Crippen LogP contribution in [-0.2, 0) is 28.9 Å². The molecule has 2 heterocycles. The van der Waals surface area contributed by atoms with Crippen molar-refractivity contribution in [2.75, 3.05) is 18.5 Å². The van der Waals surface area contributed by atoms with Gasteiger partial charge in [0.25, 0.3) is 5.91 Å². The first kappa shape index (κ1) is 31.2. The molecule has 4 aromatic rings. The summed E-state index contributed by atoms with van der Waals surface area (Å²) in [4.78, 5) is 40.0. The van der Waals surface area contributed by atoms with E-state index in [-0.39, 0.29) is 24.6 Å². The number of fused-ring (bicyclic) bond motifs is 1. The number of nitrogens with one attached hydrogen (secondary N) is 2. The second-order valence-corrected chi connectivity index (χ2v) is 12.3. The lowest BCUT2D eigenvalue weighted by Crippen LogP contribution is -2.25. The van der Waals surface area contributed by atoms with E-state index in [1.165, 1.54) is 41.3 Å². The molecule has 2 N–H and O–H groups in total. The van der Waals surface area contributed by atoms with Crippen LogP contribution in [0.15, 0.2) is 53.7 Å². The Morgan fingerprint density at radius 3 is 2.61 bits per heavy atom. The van der Waals surface area contributed by atoms with Gasteiger partial charge in [-0.05, 0) is 88.1 Å². The van der Waals surface area contributed by atoms with E-state index in [2.05, 4.69) is 20.8 Å². The highest BCUT2D eigenvalue weighted by Crippen LogP contribution is 2.40. The van der Waals surface area contributed by atoms with E-state index in [1.807, 2.05) is 31.2 Å². The Morgan fingerprint density at radius 2 is 1.89 bits per heavy atom. The Kier molecular flexibility index (Phi) is 9.95. The third-order valence-corrected chi connectivity index (χ3v) is 9.14. The zero-order valence-electron chi connectivity index (χ0n) is 24.5. The fourth-order valence-electron chi connectivity index (χ4n) is 4.84. The summed E-state index contributed by atoms with van der Waals surface area (Å²) in [7, 11) is 0. The maximum Gasteiger partial charge on any atom is 0.341 e. The average Bonchev–Trinajstić information content (AvgIpc) is 3.71. The maximum atomic E-state index is 13.7. The number of thiophene rings is 1. The molecular formula is C31H32FN5O5S2. The van der Waals surface area contributed by atoms with Gasteiger partial charge in [0.2, 0.25) is 5.91 Å². The maximum absolute atomic E-state index is 13.7. The number of benzene rings is 2. The number of carbonyl (C=O) groups is 3. The number of aryl methyl sites for hydroxylation is 1. The number of hydrogen-bond acceptors (Lipinski definition) is 9. The highest BCUT2D eigenvalue weighted by Gasteiger charge is 2.30. The first-order valence-corrected chi connectivity index (χ1v) is 16.0. The van der Waals surface area contributed by atoms with Gasteiger partial charge in [0.05, 0.1) is 30.6 Å². The summed E-state index contributed by atoms with van der Waals surface area (Å²) in [6.07, 6.45) is 2.63. The molecule has 0 bridgehead atoms. The summed E-state index contributed by atoms with van der Waals surface area (Å²) in [6, 6.07) is 12.7. The van der Waals surface area contributed by atoms with Crippen LogP contribution in [0.25, 0.3) is 5.69 Å². The summed E-state index contributed by atoms with van der Waals surface area (Å²) in [5.41, 5.74) is 2.29. The van der Waals surface area contributed by atoms with Crippen molar-refractivity contribution >= 4 is 45.9 Å². The zero-order chi connectivity index (χ0) is 31.2. The number of amides is 2. The third kappa shape index (κ3) is 6.94. The summed E-state index contributed by atoms with van der Waals surface area (Å²) in [5, 5.41) is 14.7. The van der Waals surface area contributed by atoms with Gasteiger partial charge in [0.15, 0.2) is 11.0 Å². The van der Waals surface area contributed by atoms with Crippen molar-refractivity contribution in [2.45, 2.75) is 57.0 Å². The van der Waals surface area contributed by atoms with Gasteiger partial charge >= 0.3 is 5.97 Å². The van der Waals surface area contributed by atoms with Crippen molar-refractivity contribution < 1.29 is 28.2 Å². The van der Waals surface area contributed by atoms with Crippen LogP contribution >= 0.6 is 23.1 Å². The molecule has 0 aliphatic heterocycles. The molecule has 13 heteroatoms. The number of hydrogen-bond donors (Lipinski definition) is 2. The van der Waals surface area contributed by atoms with Crippen LogP contribution in [0.3, 0.4) is 0 Å². The highest BCUT2D eigenvalue weighted by atomic mass is 32.2. The molecule has 1 atom stereocenters. The molecule has 2 aromatic heterocycles. The molecule has 1 unspecified atom stereocenters. The van der Waals surface area contributed by atoms with E-state index in [0.29, 0.717) is 39.6 Å². The second-order valence-electron chi connectivity index (χ2n) is 9.89. The van der Waals surface area contributed by atoms with Gasteiger partial charge in [-0.15, -0.1) is 21.5 Å². The molecule has 10 nitrogen and oxygen atoms in total. The molecular weight excluding hydrogens is 606 g/mol. The van der Waals surface area contributed by atoms with Crippen LogP contribution in [-0.4, -0.2) is 51.0 Å². The van der Waals surface area contributed by atoms with Crippen molar-refractivity contribution in [3.8, 4) is 11.4 Å². The van der Waals surface area contributed by atoms with Crippen LogP contribution in [0.2, 0.25) is 0 Å². The van der Waals surface area contributed by atoms with E-state index in [0.717, 1.165) is 35.8 Å². The molecule has 2 amide bonds. The lowest BCUT2D eigenvalue weighted by Gasteiger charge is -2.15. The molecule has 1 aliphatic carbocycles. The Balaban J connectivity index is 1.37. The number of carbonyl (C=O) groups excluding carboxylic acids is 3. The van der Waals surface area contributed by atoms with E-state index in [4.69, 9.17) is 9.47 Å². The average molecular weight is 638 g/mol. The van der Waals surface area contributed by atoms with Gasteiger partial charge in [-0.25, -0.2) is 9.18 Å². The molecule has 0 fully saturated rings. The van der Waals surface area contributed by atoms with Crippen molar-refractivity contribution in [1.29, 1.82) is 0 Å². The Bertz CT molecular complexity index is 1670. The van der Waals surface area contributed by atoms with Crippen molar-refractivity contribution in [3.05, 3.63) is 81.7 Å². The number of aromatic nitrogens is 3. The third-order valence-electron chi connectivity index (χ3n) is 6.89. The quantitative estimate of drug-likeness (QED) is 0.152. The predicted octanol–water partition coefficient (Wildman–Crippen LogP) is 5.58. The summed E-state index contributed by atoms with van der Waals surface area (Å²) in [5.74, 6) is -0.609. The topological polar surface area (TPSA) is 124 Å². The van der Waals surface area contributed by atoms with Crippen molar-refractivity contribution in [3.63, 3.8) is 0 Å². The largest absolute Gasteiger partial charge is 0.494 e. The minimum Gasteiger partial charge on any atom is -0.494 e. The minimum atomic E-state index is -0.623. The van der Waals surface area contributed by atoms with Crippen LogP contribution in [0.5, 0.6) is 5.75 Å². The summed E-state index contributed by atoms with van der Waals surface area (Å²) < 4.78 is 26.3. The lowest BCUT2D eigenvalue weighted by atomic mass is 10.1. The van der Waals surface area contributed by atoms with Crippen molar-refractivity contribution in [2.24, 2.45) is 0 Å². The van der Waals surface area contributed by atoms with E-state index < -0.39 is 22.9 Å². The van der Waals surface area contributed by atoms with E-state index >= 15 is 0 Å². The smallest absolute Gasteiger partial charge is 0.341 e. The molecule has 2 aromatic carbocycles. The SMILES string of the molecule is CCOC(=O)c1c(NC(=O)C(C)Sc2nnc(CNC(=O)c3cccc(F)c3)n2-c2ccc(OCC)cc2)sc2c1CCC2. The van der Waals surface area contributed by atoms with Gasteiger partial charge in [0.1, 0.15) is 16.6 Å². The molecule has 0 radical (unpaired) electrons. The summed E-state index contributed by atoms with van der Waals surface area (Å²) >= 11 is 2.61. The Labute approximate surface area is 262 Å². The summed E-state index contributed by atoms with van der Waals surface area (Å²) in [6.45, 7) is 6.16. The molecule has 230 valence electrons. The fourth-order valence-corrected chi connectivity index (χ4v) is 7.00. The van der Waals surface area contributed by atoms with Gasteiger partial charge in [-0.2, -0.15) is 0 Å². The predicted molar refractivity (Wildman–Crippen MR) is 166 cm³/mol. The molecule has 44 heavy (non-hydrogen) atoms. The van der Waals surface area contributed by atoms with Crippen LogP contribution < -0.4 is 15.4 Å². The van der Waals surface area contributed by atoms with Crippen LogP contribution in [0, 0.1) is 5.82 Å².